The maximum absolute atomic E-state index is 12.2. The van der Waals surface area contributed by atoms with E-state index in [9.17, 15) is 10.0 Å². The molecule has 1 amide bonds. The summed E-state index contributed by atoms with van der Waals surface area (Å²) in [5, 5.41) is 14.4. The maximum Gasteiger partial charge on any atom is 0.492 e. The lowest BCUT2D eigenvalue weighted by atomic mass is 9.77. The zero-order valence-corrected chi connectivity index (χ0v) is 17.8. The minimum absolute atomic E-state index is 0.151. The molecular formula is C22H27BN2O5. The third kappa shape index (κ3) is 5.40. The van der Waals surface area contributed by atoms with Crippen molar-refractivity contribution < 1.29 is 23.6 Å². The van der Waals surface area contributed by atoms with Crippen LogP contribution in [-0.2, 0) is 20.7 Å². The molecule has 0 unspecified atom stereocenters. The van der Waals surface area contributed by atoms with Gasteiger partial charge in [-0.15, -0.1) is 0 Å². The SMILES string of the molecule is CC1(C)OB(C(=Cc2ccc[n+]([O-])c2)CNC(=O)OCc2ccccc2)OC1(C)C. The Kier molecular flexibility index (Phi) is 6.48. The zero-order chi connectivity index (χ0) is 21.8. The largest absolute Gasteiger partial charge is 0.619 e. The van der Waals surface area contributed by atoms with E-state index < -0.39 is 24.4 Å². The molecule has 0 bridgehead atoms. The summed E-state index contributed by atoms with van der Waals surface area (Å²) in [6, 6.07) is 12.9. The molecule has 2 heterocycles. The summed E-state index contributed by atoms with van der Waals surface area (Å²) in [4.78, 5) is 12.2. The second-order valence-corrected chi connectivity index (χ2v) is 8.22. The highest BCUT2D eigenvalue weighted by Gasteiger charge is 2.52. The summed E-state index contributed by atoms with van der Waals surface area (Å²) < 4.78 is 18.2. The number of hydrogen-bond acceptors (Lipinski definition) is 5. The lowest BCUT2D eigenvalue weighted by molar-refractivity contribution is -0.605. The molecule has 1 aromatic carbocycles. The van der Waals surface area contributed by atoms with Crippen molar-refractivity contribution in [2.75, 3.05) is 6.54 Å². The molecular weight excluding hydrogens is 383 g/mol. The van der Waals surface area contributed by atoms with E-state index in [-0.39, 0.29) is 13.2 Å². The van der Waals surface area contributed by atoms with Crippen LogP contribution in [0.3, 0.4) is 0 Å². The molecule has 3 rings (SSSR count). The first-order valence-electron chi connectivity index (χ1n) is 9.86. The Balaban J connectivity index is 1.71. The molecule has 1 N–H and O–H groups in total. The average Bonchev–Trinajstić information content (AvgIpc) is 2.91. The van der Waals surface area contributed by atoms with Gasteiger partial charge >= 0.3 is 13.2 Å². The van der Waals surface area contributed by atoms with Crippen molar-refractivity contribution in [1.82, 2.24) is 5.32 Å². The van der Waals surface area contributed by atoms with Crippen molar-refractivity contribution in [3.63, 3.8) is 0 Å². The Labute approximate surface area is 177 Å². The molecule has 1 aliphatic rings. The van der Waals surface area contributed by atoms with Crippen LogP contribution in [0.25, 0.3) is 6.08 Å². The van der Waals surface area contributed by atoms with Crippen molar-refractivity contribution >= 4 is 19.3 Å². The normalized spacial score (nSPS) is 17.6. The molecule has 0 atom stereocenters. The van der Waals surface area contributed by atoms with Crippen LogP contribution < -0.4 is 10.0 Å². The number of nitrogens with zero attached hydrogens (tertiary/aromatic N) is 1. The van der Waals surface area contributed by atoms with Gasteiger partial charge in [-0.25, -0.2) is 4.79 Å². The van der Waals surface area contributed by atoms with Gasteiger partial charge in [0.25, 0.3) is 0 Å². The molecule has 0 spiro atoms. The fraction of sp³-hybridized carbons (Fsp3) is 0.364. The minimum Gasteiger partial charge on any atom is -0.619 e. The zero-order valence-electron chi connectivity index (χ0n) is 17.8. The number of amides is 1. The van der Waals surface area contributed by atoms with Gasteiger partial charge in [0.05, 0.1) is 11.2 Å². The molecule has 0 aliphatic carbocycles. The van der Waals surface area contributed by atoms with Crippen molar-refractivity contribution in [3.8, 4) is 0 Å². The molecule has 1 fully saturated rings. The lowest BCUT2D eigenvalue weighted by Gasteiger charge is -2.32. The third-order valence-corrected chi connectivity index (χ3v) is 5.36. The number of pyridine rings is 1. The molecule has 7 nitrogen and oxygen atoms in total. The summed E-state index contributed by atoms with van der Waals surface area (Å²) >= 11 is 0. The number of ether oxygens (including phenoxy) is 1. The van der Waals surface area contributed by atoms with Crippen LogP contribution in [-0.4, -0.2) is 31.0 Å². The van der Waals surface area contributed by atoms with Crippen molar-refractivity contribution in [3.05, 3.63) is 76.7 Å². The van der Waals surface area contributed by atoms with Crippen LogP contribution >= 0.6 is 0 Å². The van der Waals surface area contributed by atoms with Gasteiger partial charge in [-0.1, -0.05) is 36.4 Å². The van der Waals surface area contributed by atoms with Gasteiger partial charge in [0.2, 0.25) is 0 Å². The van der Waals surface area contributed by atoms with Gasteiger partial charge in [0, 0.05) is 18.2 Å². The van der Waals surface area contributed by atoms with Crippen molar-refractivity contribution in [2.45, 2.75) is 45.5 Å². The highest BCUT2D eigenvalue weighted by Crippen LogP contribution is 2.38. The molecule has 158 valence electrons. The number of alkyl carbamates (subject to hydrolysis) is 1. The van der Waals surface area contributed by atoms with Gasteiger partial charge in [-0.05, 0) is 44.8 Å². The fourth-order valence-electron chi connectivity index (χ4n) is 2.92. The predicted octanol–water partition coefficient (Wildman–Crippen LogP) is 3.26. The average molecular weight is 410 g/mol. The van der Waals surface area contributed by atoms with Crippen LogP contribution in [0.15, 0.2) is 60.3 Å². The highest BCUT2D eigenvalue weighted by molar-refractivity contribution is 6.56. The van der Waals surface area contributed by atoms with Gasteiger partial charge in [-0.2, -0.15) is 4.73 Å². The number of benzene rings is 1. The Morgan fingerprint density at radius 1 is 1.13 bits per heavy atom. The van der Waals surface area contributed by atoms with E-state index in [0.29, 0.717) is 11.0 Å². The van der Waals surface area contributed by atoms with Crippen LogP contribution in [0.4, 0.5) is 4.79 Å². The van der Waals surface area contributed by atoms with Crippen LogP contribution in [0, 0.1) is 5.21 Å². The Bertz CT molecular complexity index is 899. The lowest BCUT2D eigenvalue weighted by Crippen LogP contribution is -2.41. The van der Waals surface area contributed by atoms with E-state index in [2.05, 4.69) is 5.32 Å². The summed E-state index contributed by atoms with van der Waals surface area (Å²) in [6.07, 6.45) is 4.09. The number of hydrogen-bond donors (Lipinski definition) is 1. The van der Waals surface area contributed by atoms with Crippen LogP contribution in [0.5, 0.6) is 0 Å². The predicted molar refractivity (Wildman–Crippen MR) is 114 cm³/mol. The van der Waals surface area contributed by atoms with Gasteiger partial charge in [-0.3, -0.25) is 0 Å². The number of rotatable bonds is 6. The van der Waals surface area contributed by atoms with E-state index in [1.54, 1.807) is 18.2 Å². The van der Waals surface area contributed by atoms with E-state index in [4.69, 9.17) is 14.0 Å². The second kappa shape index (κ2) is 8.89. The molecule has 0 saturated carbocycles. The van der Waals surface area contributed by atoms with Crippen LogP contribution in [0.1, 0.15) is 38.8 Å². The van der Waals surface area contributed by atoms with E-state index >= 15 is 0 Å². The molecule has 1 aromatic heterocycles. The van der Waals surface area contributed by atoms with E-state index in [1.165, 1.54) is 12.4 Å². The summed E-state index contributed by atoms with van der Waals surface area (Å²) in [5.41, 5.74) is 1.20. The Morgan fingerprint density at radius 2 is 1.80 bits per heavy atom. The monoisotopic (exact) mass is 410 g/mol. The first-order chi connectivity index (χ1) is 14.2. The summed E-state index contributed by atoms with van der Waals surface area (Å²) in [5.74, 6) is 0. The van der Waals surface area contributed by atoms with Gasteiger partial charge in [0.1, 0.15) is 6.61 Å². The van der Waals surface area contributed by atoms with Gasteiger partial charge in [0.15, 0.2) is 12.4 Å². The number of carbonyl (C=O) groups excluding carboxylic acids is 1. The first kappa shape index (κ1) is 21.9. The number of aromatic nitrogens is 1. The molecule has 0 radical (unpaired) electrons. The summed E-state index contributed by atoms with van der Waals surface area (Å²) in [7, 11) is -0.662. The Morgan fingerprint density at radius 3 is 2.43 bits per heavy atom. The van der Waals surface area contributed by atoms with E-state index in [0.717, 1.165) is 10.3 Å². The molecule has 1 aliphatic heterocycles. The number of carbonyl (C=O) groups is 1. The molecule has 2 aromatic rings. The van der Waals surface area contributed by atoms with Gasteiger partial charge < -0.3 is 24.6 Å². The first-order valence-corrected chi connectivity index (χ1v) is 9.86. The Hall–Kier alpha value is -2.84. The van der Waals surface area contributed by atoms with Crippen molar-refractivity contribution in [2.24, 2.45) is 0 Å². The molecule has 30 heavy (non-hydrogen) atoms. The third-order valence-electron chi connectivity index (χ3n) is 5.36. The quantitative estimate of drug-likeness (QED) is 0.449. The second-order valence-electron chi connectivity index (χ2n) is 8.22. The standard InChI is InChI=1S/C22H27BN2O5/c1-21(2)22(3,4)30-23(29-21)19(13-18-11-8-12-25(27)15-18)14-24-20(26)28-16-17-9-6-5-7-10-17/h5-13,15H,14,16H2,1-4H3,(H,24,26). The summed E-state index contributed by atoms with van der Waals surface area (Å²) in [6.45, 7) is 8.16. The molecule has 1 saturated heterocycles. The molecule has 8 heteroatoms. The van der Waals surface area contributed by atoms with Crippen LogP contribution in [0.2, 0.25) is 0 Å². The highest BCUT2D eigenvalue weighted by atomic mass is 16.7. The fourth-order valence-corrected chi connectivity index (χ4v) is 2.92. The minimum atomic E-state index is -0.662. The van der Waals surface area contributed by atoms with Crippen molar-refractivity contribution in [1.29, 1.82) is 0 Å². The topological polar surface area (TPSA) is 83.7 Å². The smallest absolute Gasteiger partial charge is 0.492 e. The maximum atomic E-state index is 12.2. The van der Waals surface area contributed by atoms with E-state index in [1.807, 2.05) is 58.0 Å². The number of nitrogens with one attached hydrogen (secondary N) is 1.